The lowest BCUT2D eigenvalue weighted by Crippen LogP contribution is -1.97. The number of rotatable bonds is 4. The molecule has 4 aromatic heterocycles. The van der Waals surface area contributed by atoms with E-state index in [-0.39, 0.29) is 0 Å². The van der Waals surface area contributed by atoms with Gasteiger partial charge < -0.3 is 4.57 Å². The molecule has 9 aromatic rings. The molecule has 5 heteroatoms. The smallest absolute Gasteiger partial charge is 0.160 e. The van der Waals surface area contributed by atoms with Crippen LogP contribution in [-0.2, 0) is 0 Å². The number of aromatic nitrogens is 3. The third-order valence-electron chi connectivity index (χ3n) is 8.07. The summed E-state index contributed by atoms with van der Waals surface area (Å²) in [7, 11) is 0. The lowest BCUT2D eigenvalue weighted by molar-refractivity contribution is 1.17. The molecule has 3 nitrogen and oxygen atoms in total. The van der Waals surface area contributed by atoms with Crippen LogP contribution >= 0.6 is 22.7 Å². The maximum atomic E-state index is 5.04. The summed E-state index contributed by atoms with van der Waals surface area (Å²) in [5.41, 5.74) is 8.61. The summed E-state index contributed by atoms with van der Waals surface area (Å²) in [6.07, 6.45) is 0. The molecule has 0 atom stereocenters. The van der Waals surface area contributed by atoms with Gasteiger partial charge in [0.05, 0.1) is 31.1 Å². The number of nitrogens with zero attached hydrogens (tertiary/aromatic N) is 3. The zero-order valence-corrected chi connectivity index (χ0v) is 24.6. The van der Waals surface area contributed by atoms with Crippen molar-refractivity contribution in [2.75, 3.05) is 0 Å². The van der Waals surface area contributed by atoms with Crippen molar-refractivity contribution in [2.45, 2.75) is 0 Å². The van der Waals surface area contributed by atoms with E-state index in [4.69, 9.17) is 9.97 Å². The van der Waals surface area contributed by atoms with Gasteiger partial charge >= 0.3 is 0 Å². The summed E-state index contributed by atoms with van der Waals surface area (Å²) in [4.78, 5) is 10.1. The minimum absolute atomic E-state index is 0.719. The first-order chi connectivity index (χ1) is 21.3. The van der Waals surface area contributed by atoms with E-state index >= 15 is 0 Å². The topological polar surface area (TPSA) is 30.7 Å². The number of benzene rings is 5. The van der Waals surface area contributed by atoms with Crippen molar-refractivity contribution in [3.8, 4) is 39.6 Å². The van der Waals surface area contributed by atoms with Crippen molar-refractivity contribution in [3.63, 3.8) is 0 Å². The van der Waals surface area contributed by atoms with Crippen LogP contribution in [0.25, 0.3) is 80.2 Å². The second kappa shape index (κ2) is 9.73. The largest absolute Gasteiger partial charge is 0.308 e. The Balaban J connectivity index is 1.23. The Hall–Kier alpha value is -5.10. The maximum Gasteiger partial charge on any atom is 0.160 e. The van der Waals surface area contributed by atoms with Crippen LogP contribution in [-0.4, -0.2) is 14.5 Å². The number of thiophene rings is 2. The molecule has 5 aromatic carbocycles. The van der Waals surface area contributed by atoms with Crippen LogP contribution in [0.2, 0.25) is 0 Å². The normalized spacial score (nSPS) is 11.7. The summed E-state index contributed by atoms with van der Waals surface area (Å²) in [5, 5.41) is 3.98. The molecule has 4 heterocycles. The predicted octanol–water partition coefficient (Wildman–Crippen LogP) is 11.0. The van der Waals surface area contributed by atoms with Gasteiger partial charge in [-0.05, 0) is 42.5 Å². The minimum atomic E-state index is 0.719. The molecule has 43 heavy (non-hydrogen) atoms. The molecule has 0 saturated carbocycles. The predicted molar refractivity (Wildman–Crippen MR) is 183 cm³/mol. The first kappa shape index (κ1) is 24.5. The average Bonchev–Trinajstić information content (AvgIpc) is 3.72. The van der Waals surface area contributed by atoms with Gasteiger partial charge in [-0.15, -0.1) is 22.7 Å². The zero-order valence-electron chi connectivity index (χ0n) is 22.9. The van der Waals surface area contributed by atoms with E-state index in [9.17, 15) is 0 Å². The van der Waals surface area contributed by atoms with Gasteiger partial charge in [-0.2, -0.15) is 0 Å². The second-order valence-electron chi connectivity index (χ2n) is 10.6. The van der Waals surface area contributed by atoms with Gasteiger partial charge in [0, 0.05) is 43.2 Å². The fourth-order valence-corrected chi connectivity index (χ4v) is 8.76. The summed E-state index contributed by atoms with van der Waals surface area (Å²) >= 11 is 3.80. The van der Waals surface area contributed by atoms with Crippen molar-refractivity contribution in [3.05, 3.63) is 140 Å². The fourth-order valence-electron chi connectivity index (χ4n) is 6.07. The van der Waals surface area contributed by atoms with Gasteiger partial charge in [-0.1, -0.05) is 97.1 Å². The Kier molecular flexibility index (Phi) is 5.54. The summed E-state index contributed by atoms with van der Waals surface area (Å²) in [5.74, 6) is 0.719. The molecule has 0 spiro atoms. The van der Waals surface area contributed by atoms with E-state index in [1.54, 1.807) is 0 Å². The molecule has 0 fully saturated rings. The molecule has 0 bridgehead atoms. The molecular formula is C38H23N3S2. The molecule has 0 aliphatic heterocycles. The molecule has 0 amide bonds. The van der Waals surface area contributed by atoms with Gasteiger partial charge in [0.25, 0.3) is 0 Å². The standard InChI is InChI=1S/C38H23N3S2/c1-3-11-24(12-4-1)30-23-31(25-13-5-2-6-14-25)40-37(39-30)26-19-21-27(22-20-26)41-32-17-9-7-15-28(32)36-35(41)34-29-16-8-10-18-33(29)42-38(34)43-36/h1-23H. The summed E-state index contributed by atoms with van der Waals surface area (Å²) in [6.45, 7) is 0. The quantitative estimate of drug-likeness (QED) is 0.206. The van der Waals surface area contributed by atoms with E-state index in [1.807, 2.05) is 59.1 Å². The minimum Gasteiger partial charge on any atom is -0.308 e. The molecule has 0 N–H and O–H groups in total. The molecule has 0 unspecified atom stereocenters. The van der Waals surface area contributed by atoms with Crippen LogP contribution < -0.4 is 0 Å². The van der Waals surface area contributed by atoms with Crippen LogP contribution in [0.1, 0.15) is 0 Å². The van der Waals surface area contributed by atoms with Gasteiger partial charge in [0.15, 0.2) is 5.82 Å². The van der Waals surface area contributed by atoms with E-state index in [0.29, 0.717) is 0 Å². The number of hydrogen-bond donors (Lipinski definition) is 0. The highest BCUT2D eigenvalue weighted by atomic mass is 32.2. The van der Waals surface area contributed by atoms with Gasteiger partial charge in [0.2, 0.25) is 0 Å². The van der Waals surface area contributed by atoms with Crippen molar-refractivity contribution in [2.24, 2.45) is 0 Å². The van der Waals surface area contributed by atoms with Crippen LogP contribution in [0.5, 0.6) is 0 Å². The van der Waals surface area contributed by atoms with Crippen LogP contribution in [0.15, 0.2) is 140 Å². The average molecular weight is 586 g/mol. The number of hydrogen-bond acceptors (Lipinski definition) is 4. The van der Waals surface area contributed by atoms with Gasteiger partial charge in [-0.3, -0.25) is 0 Å². The Bertz CT molecular complexity index is 2380. The number of fused-ring (bicyclic) bond motifs is 7. The van der Waals surface area contributed by atoms with Crippen LogP contribution in [0.4, 0.5) is 0 Å². The second-order valence-corrected chi connectivity index (χ2v) is 13.0. The van der Waals surface area contributed by atoms with E-state index in [2.05, 4.69) is 108 Å². The summed E-state index contributed by atoms with van der Waals surface area (Å²) in [6, 6.07) is 49.0. The van der Waals surface area contributed by atoms with Gasteiger partial charge in [-0.25, -0.2) is 9.97 Å². The van der Waals surface area contributed by atoms with Crippen molar-refractivity contribution in [1.82, 2.24) is 14.5 Å². The Labute approximate surface area is 256 Å². The third kappa shape index (κ3) is 3.93. The molecule has 0 saturated heterocycles. The molecule has 9 rings (SSSR count). The van der Waals surface area contributed by atoms with Crippen LogP contribution in [0, 0.1) is 0 Å². The molecule has 0 radical (unpaired) electrons. The van der Waals surface area contributed by atoms with Crippen molar-refractivity contribution < 1.29 is 0 Å². The first-order valence-corrected chi connectivity index (χ1v) is 15.9. The SMILES string of the molecule is c1ccc(-c2cc(-c3ccccc3)nc(-c3ccc(-n4c5ccccc5c5sc6sc7ccccc7c6c54)cc3)n2)cc1. The van der Waals surface area contributed by atoms with E-state index in [0.717, 1.165) is 39.6 Å². The Morgan fingerprint density at radius 3 is 1.81 bits per heavy atom. The third-order valence-corrected chi connectivity index (χ3v) is 10.5. The molecular weight excluding hydrogens is 563 g/mol. The highest BCUT2D eigenvalue weighted by molar-refractivity contribution is 7.45. The monoisotopic (exact) mass is 585 g/mol. The van der Waals surface area contributed by atoms with E-state index in [1.165, 1.54) is 40.6 Å². The lowest BCUT2D eigenvalue weighted by atomic mass is 10.1. The van der Waals surface area contributed by atoms with Crippen molar-refractivity contribution in [1.29, 1.82) is 0 Å². The Morgan fingerprint density at radius 2 is 1.12 bits per heavy atom. The fraction of sp³-hybridized carbons (Fsp3) is 0. The lowest BCUT2D eigenvalue weighted by Gasteiger charge is -2.11. The zero-order chi connectivity index (χ0) is 28.3. The van der Waals surface area contributed by atoms with Crippen LogP contribution in [0.3, 0.4) is 0 Å². The Morgan fingerprint density at radius 1 is 0.512 bits per heavy atom. The van der Waals surface area contributed by atoms with E-state index < -0.39 is 0 Å². The summed E-state index contributed by atoms with van der Waals surface area (Å²) < 4.78 is 6.49. The number of para-hydroxylation sites is 1. The first-order valence-electron chi connectivity index (χ1n) is 14.3. The molecule has 202 valence electrons. The maximum absolute atomic E-state index is 5.04. The molecule has 0 aliphatic carbocycles. The van der Waals surface area contributed by atoms with Crippen molar-refractivity contribution >= 4 is 63.3 Å². The highest BCUT2D eigenvalue weighted by Crippen LogP contribution is 2.48. The molecule has 0 aliphatic rings. The highest BCUT2D eigenvalue weighted by Gasteiger charge is 2.21. The van der Waals surface area contributed by atoms with Gasteiger partial charge in [0.1, 0.15) is 0 Å².